The summed E-state index contributed by atoms with van der Waals surface area (Å²) in [5.41, 5.74) is 0.901. The second-order valence-corrected chi connectivity index (χ2v) is 9.45. The summed E-state index contributed by atoms with van der Waals surface area (Å²) < 4.78 is 15.7. The van der Waals surface area contributed by atoms with E-state index < -0.39 is 11.7 Å². The molecule has 1 unspecified atom stereocenters. The van der Waals surface area contributed by atoms with Crippen LogP contribution in [0.25, 0.3) is 10.9 Å². The second-order valence-electron chi connectivity index (χ2n) is 9.01. The Hall–Kier alpha value is -2.92. The molecule has 170 valence electrons. The van der Waals surface area contributed by atoms with Crippen LogP contribution < -0.4 is 0 Å². The van der Waals surface area contributed by atoms with E-state index in [1.165, 1.54) is 42.2 Å². The molecule has 33 heavy (non-hydrogen) atoms. The summed E-state index contributed by atoms with van der Waals surface area (Å²) in [6.07, 6.45) is 11.8. The van der Waals surface area contributed by atoms with Crippen LogP contribution in [0.2, 0.25) is 5.02 Å². The Morgan fingerprint density at radius 3 is 2.48 bits per heavy atom. The van der Waals surface area contributed by atoms with Crippen molar-refractivity contribution in [2.45, 2.75) is 32.1 Å². The third kappa shape index (κ3) is 4.22. The smallest absolute Gasteiger partial charge is 0.265 e. The van der Waals surface area contributed by atoms with Crippen LogP contribution in [0.3, 0.4) is 0 Å². The maximum atomic E-state index is 14.3. The predicted octanol–water partition coefficient (Wildman–Crippen LogP) is 6.33. The minimum atomic E-state index is -0.599. The van der Waals surface area contributed by atoms with Crippen molar-refractivity contribution in [3.8, 4) is 0 Å². The third-order valence-corrected chi connectivity index (χ3v) is 7.28. The standard InChI is InChI=1S/C27H26ClFN2O2/c28-20-10-11-21-23(17-31(25(21)16-20)27(33)22-8-4-5-9-24(22)29)26(32)30-14-12-19(13-15-30)18-6-2-1-3-7-18/h2,4-6,8-11,16-19H,1,3,7,12-15H2. The summed E-state index contributed by atoms with van der Waals surface area (Å²) in [5, 5.41) is 1.09. The quantitative estimate of drug-likeness (QED) is 0.425. The number of benzene rings is 2. The van der Waals surface area contributed by atoms with Crippen LogP contribution in [0.1, 0.15) is 52.8 Å². The molecule has 0 N–H and O–H groups in total. The molecular weight excluding hydrogens is 439 g/mol. The van der Waals surface area contributed by atoms with E-state index in [-0.39, 0.29) is 11.5 Å². The van der Waals surface area contributed by atoms with Crippen LogP contribution in [0.4, 0.5) is 4.39 Å². The molecule has 1 amide bonds. The average Bonchev–Trinajstić information content (AvgIpc) is 3.23. The van der Waals surface area contributed by atoms with Gasteiger partial charge < -0.3 is 4.90 Å². The molecule has 2 aromatic carbocycles. The number of carbonyl (C=O) groups excluding carboxylic acids is 2. The number of hydrogen-bond donors (Lipinski definition) is 0. The Bertz CT molecular complexity index is 1240. The Kier molecular flexibility index (Phi) is 6.07. The van der Waals surface area contributed by atoms with E-state index in [2.05, 4.69) is 12.2 Å². The molecule has 1 atom stereocenters. The summed E-state index contributed by atoms with van der Waals surface area (Å²) in [6.45, 7) is 1.41. The zero-order chi connectivity index (χ0) is 22.9. The number of carbonyl (C=O) groups is 2. The Labute approximate surface area is 197 Å². The number of aromatic nitrogens is 1. The molecule has 1 saturated heterocycles. The fourth-order valence-electron chi connectivity index (χ4n) is 5.24. The third-order valence-electron chi connectivity index (χ3n) is 7.05. The summed E-state index contributed by atoms with van der Waals surface area (Å²) >= 11 is 6.20. The Morgan fingerprint density at radius 1 is 0.970 bits per heavy atom. The summed E-state index contributed by atoms with van der Waals surface area (Å²) in [7, 11) is 0. The van der Waals surface area contributed by atoms with Crippen molar-refractivity contribution in [3.05, 3.63) is 82.8 Å². The lowest BCUT2D eigenvalue weighted by atomic mass is 9.79. The van der Waals surface area contributed by atoms with Crippen LogP contribution >= 0.6 is 11.6 Å². The summed E-state index contributed by atoms with van der Waals surface area (Å²) in [6, 6.07) is 11.0. The lowest BCUT2D eigenvalue weighted by molar-refractivity contribution is 0.0668. The van der Waals surface area contributed by atoms with Crippen LogP contribution in [0, 0.1) is 17.7 Å². The fourth-order valence-corrected chi connectivity index (χ4v) is 5.40. The van der Waals surface area contributed by atoms with E-state index in [4.69, 9.17) is 11.6 Å². The van der Waals surface area contributed by atoms with Gasteiger partial charge in [0.05, 0.1) is 16.6 Å². The molecule has 0 spiro atoms. The molecule has 5 rings (SSSR count). The van der Waals surface area contributed by atoms with E-state index in [0.717, 1.165) is 12.8 Å². The van der Waals surface area contributed by atoms with Gasteiger partial charge in [0.15, 0.2) is 0 Å². The van der Waals surface area contributed by atoms with E-state index in [1.807, 2.05) is 4.90 Å². The SMILES string of the molecule is O=C(c1cn(C(=O)c2ccccc2F)c2cc(Cl)ccc12)N1CCC(C2C=CCCC2)CC1. The van der Waals surface area contributed by atoms with Crippen molar-refractivity contribution in [1.82, 2.24) is 9.47 Å². The van der Waals surface area contributed by atoms with Crippen molar-refractivity contribution >= 4 is 34.3 Å². The van der Waals surface area contributed by atoms with Crippen LogP contribution in [-0.4, -0.2) is 34.4 Å². The first-order chi connectivity index (χ1) is 16.0. The minimum absolute atomic E-state index is 0.0466. The van der Waals surface area contributed by atoms with Crippen LogP contribution in [-0.2, 0) is 0 Å². The van der Waals surface area contributed by atoms with Crippen molar-refractivity contribution in [3.63, 3.8) is 0 Å². The van der Waals surface area contributed by atoms with Crippen molar-refractivity contribution in [2.24, 2.45) is 11.8 Å². The molecule has 1 aliphatic carbocycles. The molecule has 6 heteroatoms. The molecule has 0 radical (unpaired) electrons. The highest BCUT2D eigenvalue weighted by atomic mass is 35.5. The normalized spacial score (nSPS) is 19.2. The first kappa shape index (κ1) is 21.9. The number of likely N-dealkylation sites (tertiary alicyclic amines) is 1. The topological polar surface area (TPSA) is 42.3 Å². The first-order valence-electron chi connectivity index (χ1n) is 11.6. The van der Waals surface area contributed by atoms with Crippen molar-refractivity contribution in [1.29, 1.82) is 0 Å². The highest BCUT2D eigenvalue weighted by Gasteiger charge is 2.30. The van der Waals surface area contributed by atoms with Gasteiger partial charge in [0.2, 0.25) is 0 Å². The maximum Gasteiger partial charge on any atom is 0.265 e. The lowest BCUT2D eigenvalue weighted by Crippen LogP contribution is -2.40. The summed E-state index contributed by atoms with van der Waals surface area (Å²) in [4.78, 5) is 28.6. The van der Waals surface area contributed by atoms with Gasteiger partial charge in [-0.3, -0.25) is 14.2 Å². The fraction of sp³-hybridized carbons (Fsp3) is 0.333. The number of rotatable bonds is 3. The number of piperidine rings is 1. The first-order valence-corrected chi connectivity index (χ1v) is 12.0. The van der Waals surface area contributed by atoms with Gasteiger partial charge in [0.1, 0.15) is 5.82 Å². The number of allylic oxidation sites excluding steroid dienone is 2. The van der Waals surface area contributed by atoms with Gasteiger partial charge in [-0.1, -0.05) is 42.0 Å². The van der Waals surface area contributed by atoms with Gasteiger partial charge in [0, 0.05) is 29.7 Å². The minimum Gasteiger partial charge on any atom is -0.339 e. The summed E-state index contributed by atoms with van der Waals surface area (Å²) in [5.74, 6) is 0.0205. The molecule has 0 saturated carbocycles. The van der Waals surface area contributed by atoms with E-state index in [0.29, 0.717) is 46.4 Å². The Balaban J connectivity index is 1.43. The largest absolute Gasteiger partial charge is 0.339 e. The van der Waals surface area contributed by atoms with Gasteiger partial charge in [-0.15, -0.1) is 0 Å². The predicted molar refractivity (Wildman–Crippen MR) is 128 cm³/mol. The van der Waals surface area contributed by atoms with Gasteiger partial charge in [-0.25, -0.2) is 4.39 Å². The van der Waals surface area contributed by atoms with E-state index in [9.17, 15) is 14.0 Å². The van der Waals surface area contributed by atoms with Crippen molar-refractivity contribution < 1.29 is 14.0 Å². The van der Waals surface area contributed by atoms with Gasteiger partial charge in [-0.2, -0.15) is 0 Å². The molecule has 0 bridgehead atoms. The zero-order valence-electron chi connectivity index (χ0n) is 18.3. The maximum absolute atomic E-state index is 14.3. The molecule has 4 nitrogen and oxygen atoms in total. The van der Waals surface area contributed by atoms with Gasteiger partial charge in [-0.05, 0) is 68.2 Å². The average molecular weight is 465 g/mol. The molecule has 2 heterocycles. The number of nitrogens with zero attached hydrogens (tertiary/aromatic N) is 2. The Morgan fingerprint density at radius 2 is 1.76 bits per heavy atom. The molecular formula is C27H26ClFN2O2. The number of halogens is 2. The zero-order valence-corrected chi connectivity index (χ0v) is 19.1. The molecule has 1 fully saturated rings. The molecule has 1 aliphatic heterocycles. The molecule has 3 aromatic rings. The highest BCUT2D eigenvalue weighted by Crippen LogP contribution is 2.33. The molecule has 1 aromatic heterocycles. The lowest BCUT2D eigenvalue weighted by Gasteiger charge is -2.36. The second kappa shape index (κ2) is 9.14. The monoisotopic (exact) mass is 464 g/mol. The number of amides is 1. The van der Waals surface area contributed by atoms with Gasteiger partial charge >= 0.3 is 0 Å². The van der Waals surface area contributed by atoms with Gasteiger partial charge in [0.25, 0.3) is 11.8 Å². The number of hydrogen-bond acceptors (Lipinski definition) is 2. The van der Waals surface area contributed by atoms with Crippen LogP contribution in [0.15, 0.2) is 60.8 Å². The van der Waals surface area contributed by atoms with Crippen LogP contribution in [0.5, 0.6) is 0 Å². The van der Waals surface area contributed by atoms with E-state index in [1.54, 1.807) is 30.3 Å². The van der Waals surface area contributed by atoms with Crippen molar-refractivity contribution in [2.75, 3.05) is 13.1 Å². The highest BCUT2D eigenvalue weighted by molar-refractivity contribution is 6.31. The molecule has 2 aliphatic rings. The van der Waals surface area contributed by atoms with E-state index >= 15 is 0 Å². The number of fused-ring (bicyclic) bond motifs is 1.